The molecule has 5 heteroatoms. The van der Waals surface area contributed by atoms with Crippen LogP contribution in [0, 0.1) is 5.82 Å². The summed E-state index contributed by atoms with van der Waals surface area (Å²) in [5.74, 6) is -0.682. The molecule has 2 aromatic rings. The Labute approximate surface area is 115 Å². The van der Waals surface area contributed by atoms with Crippen molar-refractivity contribution in [1.82, 2.24) is 9.88 Å². The van der Waals surface area contributed by atoms with E-state index in [1.807, 2.05) is 0 Å². The molecular weight excluding hydrogens is 259 g/mol. The van der Waals surface area contributed by atoms with Gasteiger partial charge in [0, 0.05) is 19.8 Å². The van der Waals surface area contributed by atoms with Crippen molar-refractivity contribution in [2.75, 3.05) is 6.54 Å². The molecular formula is C15H15FN2O2. The number of carbonyl (C=O) groups excluding carboxylic acids is 1. The number of carbonyl (C=O) groups is 1. The molecule has 1 aromatic heterocycles. The zero-order valence-electron chi connectivity index (χ0n) is 11.1. The minimum atomic E-state index is -0.395. The topological polar surface area (TPSA) is 51.1 Å². The fourth-order valence-electron chi connectivity index (χ4n) is 1.84. The van der Waals surface area contributed by atoms with Crippen LogP contribution in [0.3, 0.4) is 0 Å². The molecule has 0 fully saturated rings. The van der Waals surface area contributed by atoms with Crippen LogP contribution in [-0.4, -0.2) is 17.0 Å². The van der Waals surface area contributed by atoms with Gasteiger partial charge in [0.05, 0.1) is 0 Å². The van der Waals surface area contributed by atoms with Gasteiger partial charge in [0.25, 0.3) is 11.5 Å². The second-order valence-corrected chi connectivity index (χ2v) is 4.47. The molecule has 20 heavy (non-hydrogen) atoms. The fraction of sp³-hybridized carbons (Fsp3) is 0.200. The fourth-order valence-corrected chi connectivity index (χ4v) is 1.84. The molecule has 1 N–H and O–H groups in total. The largest absolute Gasteiger partial charge is 0.352 e. The zero-order valence-corrected chi connectivity index (χ0v) is 11.1. The maximum absolute atomic E-state index is 12.7. The summed E-state index contributed by atoms with van der Waals surface area (Å²) in [5.41, 5.74) is 0.716. The molecule has 0 spiro atoms. The van der Waals surface area contributed by atoms with Crippen LogP contribution >= 0.6 is 0 Å². The minimum Gasteiger partial charge on any atom is -0.352 e. The highest BCUT2D eigenvalue weighted by Crippen LogP contribution is 2.02. The third-order valence-corrected chi connectivity index (χ3v) is 2.98. The lowest BCUT2D eigenvalue weighted by molar-refractivity contribution is 0.0952. The predicted octanol–water partition coefficient (Wildman–Crippen LogP) is 1.50. The van der Waals surface area contributed by atoms with Gasteiger partial charge in [-0.2, -0.15) is 0 Å². The number of pyridine rings is 1. The van der Waals surface area contributed by atoms with E-state index in [0.717, 1.165) is 5.56 Å². The number of amides is 1. The van der Waals surface area contributed by atoms with E-state index in [0.29, 0.717) is 13.0 Å². The highest BCUT2D eigenvalue weighted by molar-refractivity contribution is 5.93. The summed E-state index contributed by atoms with van der Waals surface area (Å²) in [6.45, 7) is 0.391. The lowest BCUT2D eigenvalue weighted by Gasteiger charge is -2.06. The Bertz CT molecular complexity index is 662. The SMILES string of the molecule is Cn1cccc(C(=O)NCCc2ccc(F)cc2)c1=O. The quantitative estimate of drug-likeness (QED) is 0.918. The molecule has 1 heterocycles. The second-order valence-electron chi connectivity index (χ2n) is 4.47. The number of aryl methyl sites for hydroxylation is 1. The number of hydrogen-bond donors (Lipinski definition) is 1. The molecule has 1 amide bonds. The normalized spacial score (nSPS) is 10.3. The summed E-state index contributed by atoms with van der Waals surface area (Å²) in [7, 11) is 1.59. The third-order valence-electron chi connectivity index (χ3n) is 2.98. The third kappa shape index (κ3) is 3.32. The first kappa shape index (κ1) is 14.0. The number of benzene rings is 1. The van der Waals surface area contributed by atoms with Crippen LogP contribution in [0.25, 0.3) is 0 Å². The first-order chi connectivity index (χ1) is 9.58. The lowest BCUT2D eigenvalue weighted by Crippen LogP contribution is -2.32. The van der Waals surface area contributed by atoms with Crippen LogP contribution in [0.4, 0.5) is 4.39 Å². The Hall–Kier alpha value is -2.43. The Morgan fingerprint density at radius 3 is 2.65 bits per heavy atom. The van der Waals surface area contributed by atoms with E-state index in [9.17, 15) is 14.0 Å². The molecule has 0 radical (unpaired) electrons. The number of halogens is 1. The average Bonchev–Trinajstić information content (AvgIpc) is 2.44. The van der Waals surface area contributed by atoms with Gasteiger partial charge in [-0.1, -0.05) is 12.1 Å². The van der Waals surface area contributed by atoms with Crippen LogP contribution in [0.1, 0.15) is 15.9 Å². The summed E-state index contributed by atoms with van der Waals surface area (Å²) < 4.78 is 14.1. The molecule has 0 atom stereocenters. The monoisotopic (exact) mass is 274 g/mol. The van der Waals surface area contributed by atoms with Crippen molar-refractivity contribution in [2.45, 2.75) is 6.42 Å². The molecule has 1 aromatic carbocycles. The molecule has 0 saturated heterocycles. The van der Waals surface area contributed by atoms with Gasteiger partial charge >= 0.3 is 0 Å². The van der Waals surface area contributed by atoms with Crippen molar-refractivity contribution in [3.05, 3.63) is 69.9 Å². The van der Waals surface area contributed by atoms with Crippen molar-refractivity contribution in [3.8, 4) is 0 Å². The maximum Gasteiger partial charge on any atom is 0.263 e. The number of aromatic nitrogens is 1. The van der Waals surface area contributed by atoms with Gasteiger partial charge in [0.1, 0.15) is 11.4 Å². The Morgan fingerprint density at radius 1 is 1.25 bits per heavy atom. The molecule has 0 aliphatic rings. The molecule has 0 aliphatic heterocycles. The number of rotatable bonds is 4. The summed E-state index contributed by atoms with van der Waals surface area (Å²) >= 11 is 0. The summed E-state index contributed by atoms with van der Waals surface area (Å²) in [6, 6.07) is 9.24. The van der Waals surface area contributed by atoms with Gasteiger partial charge in [0.15, 0.2) is 0 Å². The summed E-state index contributed by atoms with van der Waals surface area (Å²) in [5, 5.41) is 2.68. The van der Waals surface area contributed by atoms with Crippen LogP contribution < -0.4 is 10.9 Å². The van der Waals surface area contributed by atoms with Crippen molar-refractivity contribution in [3.63, 3.8) is 0 Å². The molecule has 0 saturated carbocycles. The van der Waals surface area contributed by atoms with Gasteiger partial charge in [0.2, 0.25) is 0 Å². The van der Waals surface area contributed by atoms with Crippen LogP contribution in [-0.2, 0) is 13.5 Å². The van der Waals surface area contributed by atoms with Gasteiger partial charge in [-0.05, 0) is 36.2 Å². The zero-order chi connectivity index (χ0) is 14.5. The summed E-state index contributed by atoms with van der Waals surface area (Å²) in [4.78, 5) is 23.6. The van der Waals surface area contributed by atoms with E-state index in [2.05, 4.69) is 5.32 Å². The summed E-state index contributed by atoms with van der Waals surface area (Å²) in [6.07, 6.45) is 2.18. The predicted molar refractivity (Wildman–Crippen MR) is 74.1 cm³/mol. The van der Waals surface area contributed by atoms with Crippen molar-refractivity contribution in [2.24, 2.45) is 7.05 Å². The van der Waals surface area contributed by atoms with Gasteiger partial charge in [-0.15, -0.1) is 0 Å². The number of nitrogens with one attached hydrogen (secondary N) is 1. The van der Waals surface area contributed by atoms with E-state index in [1.54, 1.807) is 31.4 Å². The van der Waals surface area contributed by atoms with E-state index in [1.165, 1.54) is 22.8 Å². The van der Waals surface area contributed by atoms with E-state index in [-0.39, 0.29) is 16.9 Å². The first-order valence-electron chi connectivity index (χ1n) is 6.26. The lowest BCUT2D eigenvalue weighted by atomic mass is 10.1. The van der Waals surface area contributed by atoms with Gasteiger partial charge in [-0.3, -0.25) is 9.59 Å². The van der Waals surface area contributed by atoms with Crippen LogP contribution in [0.15, 0.2) is 47.4 Å². The smallest absolute Gasteiger partial charge is 0.263 e. The maximum atomic E-state index is 12.7. The van der Waals surface area contributed by atoms with Crippen molar-refractivity contribution >= 4 is 5.91 Å². The molecule has 0 unspecified atom stereocenters. The number of nitrogens with zero attached hydrogens (tertiary/aromatic N) is 1. The molecule has 4 nitrogen and oxygen atoms in total. The molecule has 2 rings (SSSR count). The van der Waals surface area contributed by atoms with Gasteiger partial charge in [-0.25, -0.2) is 4.39 Å². The van der Waals surface area contributed by atoms with Crippen LogP contribution in [0.2, 0.25) is 0 Å². The Morgan fingerprint density at radius 2 is 1.95 bits per heavy atom. The Balaban J connectivity index is 1.94. The van der Waals surface area contributed by atoms with E-state index < -0.39 is 5.91 Å². The van der Waals surface area contributed by atoms with Crippen molar-refractivity contribution < 1.29 is 9.18 Å². The molecule has 0 bridgehead atoms. The minimum absolute atomic E-state index is 0.120. The van der Waals surface area contributed by atoms with E-state index >= 15 is 0 Å². The Kier molecular flexibility index (Phi) is 4.30. The number of hydrogen-bond acceptors (Lipinski definition) is 2. The van der Waals surface area contributed by atoms with Crippen LogP contribution in [0.5, 0.6) is 0 Å². The second kappa shape index (κ2) is 6.14. The average molecular weight is 274 g/mol. The first-order valence-corrected chi connectivity index (χ1v) is 6.26. The van der Waals surface area contributed by atoms with E-state index in [4.69, 9.17) is 0 Å². The standard InChI is InChI=1S/C15H15FN2O2/c1-18-10-2-3-13(15(18)20)14(19)17-9-8-11-4-6-12(16)7-5-11/h2-7,10H,8-9H2,1H3,(H,17,19). The van der Waals surface area contributed by atoms with Crippen molar-refractivity contribution in [1.29, 1.82) is 0 Å². The highest BCUT2D eigenvalue weighted by atomic mass is 19.1. The highest BCUT2D eigenvalue weighted by Gasteiger charge is 2.10. The molecule has 104 valence electrons. The molecule has 0 aliphatic carbocycles. The van der Waals surface area contributed by atoms with Gasteiger partial charge < -0.3 is 9.88 Å².